The van der Waals surface area contributed by atoms with E-state index in [2.05, 4.69) is 142 Å². The quantitative estimate of drug-likeness (QED) is 0.184. The van der Waals surface area contributed by atoms with Crippen LogP contribution < -0.4 is 0 Å². The van der Waals surface area contributed by atoms with Gasteiger partial charge in [-0.2, -0.15) is 0 Å². The zero-order valence-electron chi connectivity index (χ0n) is 28.4. The summed E-state index contributed by atoms with van der Waals surface area (Å²) in [6.45, 7) is 13.4. The Kier molecular flexibility index (Phi) is 7.88. The van der Waals surface area contributed by atoms with E-state index < -0.39 is 0 Å². The molecule has 6 heteroatoms. The third-order valence-corrected chi connectivity index (χ3v) is 8.75. The highest BCUT2D eigenvalue weighted by molar-refractivity contribution is 5.73. The zero-order valence-corrected chi connectivity index (χ0v) is 28.4. The van der Waals surface area contributed by atoms with Gasteiger partial charge in [0.15, 0.2) is 23.3 Å². The Morgan fingerprint density at radius 1 is 0.354 bits per heavy atom. The van der Waals surface area contributed by atoms with Crippen molar-refractivity contribution in [2.24, 2.45) is 0 Å². The Labute approximate surface area is 282 Å². The van der Waals surface area contributed by atoms with Gasteiger partial charge in [-0.25, -0.2) is 0 Å². The maximum absolute atomic E-state index is 4.78. The third kappa shape index (κ3) is 5.97. The van der Waals surface area contributed by atoms with Crippen molar-refractivity contribution in [1.29, 1.82) is 0 Å². The Bertz CT molecular complexity index is 2010. The lowest BCUT2D eigenvalue weighted by atomic mass is 9.86. The topological polar surface area (TPSA) is 61.4 Å². The second-order valence-electron chi connectivity index (χ2n) is 14.3. The maximum Gasteiger partial charge on any atom is 0.168 e. The fourth-order valence-electron chi connectivity index (χ4n) is 6.00. The maximum atomic E-state index is 4.78. The van der Waals surface area contributed by atoms with Crippen molar-refractivity contribution in [3.05, 3.63) is 145 Å². The second kappa shape index (κ2) is 12.2. The molecule has 0 N–H and O–H groups in total. The predicted molar refractivity (Wildman–Crippen MR) is 195 cm³/mol. The molecule has 6 nitrogen and oxygen atoms in total. The highest BCUT2D eigenvalue weighted by Crippen LogP contribution is 2.34. The van der Waals surface area contributed by atoms with Crippen molar-refractivity contribution in [2.45, 2.75) is 52.4 Å². The molecule has 0 saturated carbocycles. The van der Waals surface area contributed by atoms with Gasteiger partial charge >= 0.3 is 0 Å². The molecule has 0 radical (unpaired) electrons. The van der Waals surface area contributed by atoms with Crippen LogP contribution in [-0.2, 0) is 10.8 Å². The molecule has 5 aromatic carbocycles. The van der Waals surface area contributed by atoms with Crippen LogP contribution in [0.5, 0.6) is 0 Å². The fourth-order valence-corrected chi connectivity index (χ4v) is 6.00. The van der Waals surface area contributed by atoms with Crippen LogP contribution in [0.25, 0.3) is 56.9 Å². The molecule has 0 spiro atoms. The molecule has 2 heterocycles. The van der Waals surface area contributed by atoms with Crippen molar-refractivity contribution in [1.82, 2.24) is 29.5 Å². The molecule has 0 aliphatic heterocycles. The highest BCUT2D eigenvalue weighted by atomic mass is 15.3. The van der Waals surface area contributed by atoms with Gasteiger partial charge < -0.3 is 0 Å². The summed E-state index contributed by atoms with van der Waals surface area (Å²) in [5, 5.41) is 19.0. The molecule has 0 amide bonds. The summed E-state index contributed by atoms with van der Waals surface area (Å²) < 4.78 is 4.27. The number of nitrogens with zero attached hydrogens (tertiary/aromatic N) is 6. The molecule has 48 heavy (non-hydrogen) atoms. The number of para-hydroxylation sites is 2. The second-order valence-corrected chi connectivity index (χ2v) is 14.3. The minimum absolute atomic E-state index is 0.0628. The number of hydrogen-bond acceptors (Lipinski definition) is 4. The van der Waals surface area contributed by atoms with Crippen molar-refractivity contribution < 1.29 is 0 Å². The summed E-state index contributed by atoms with van der Waals surface area (Å²) in [6.07, 6.45) is 0. The Balaban J connectivity index is 1.35. The standard InChI is InChI=1S/C42H40N6/c1-41(2,3)33-24-20-29(21-25-33)37-43-45-39(47(37)35-16-9-7-10-17-35)31-14-13-15-32(28-31)40-46-44-38(48(40)36-18-11-8-12-19-36)30-22-26-34(27-23-30)42(4,5)6/h7-28H,1-6H3. The monoisotopic (exact) mass is 628 g/mol. The third-order valence-electron chi connectivity index (χ3n) is 8.75. The smallest absolute Gasteiger partial charge is 0.168 e. The highest BCUT2D eigenvalue weighted by Gasteiger charge is 2.22. The van der Waals surface area contributed by atoms with Crippen LogP contribution >= 0.6 is 0 Å². The molecular weight excluding hydrogens is 589 g/mol. The minimum Gasteiger partial charge on any atom is -0.275 e. The van der Waals surface area contributed by atoms with Crippen molar-refractivity contribution in [3.63, 3.8) is 0 Å². The predicted octanol–water partition coefficient (Wildman–Crippen LogP) is 10.1. The molecule has 7 rings (SSSR count). The molecule has 0 bridgehead atoms. The summed E-state index contributed by atoms with van der Waals surface area (Å²) in [7, 11) is 0. The molecule has 0 atom stereocenters. The van der Waals surface area contributed by atoms with Gasteiger partial charge in [0.1, 0.15) is 0 Å². The lowest BCUT2D eigenvalue weighted by Gasteiger charge is -2.19. The number of aromatic nitrogens is 6. The van der Waals surface area contributed by atoms with Gasteiger partial charge in [-0.05, 0) is 52.3 Å². The first kappa shape index (κ1) is 31.0. The van der Waals surface area contributed by atoms with E-state index in [1.807, 2.05) is 42.5 Å². The molecule has 7 aromatic rings. The molecule has 0 unspecified atom stereocenters. The molecule has 0 fully saturated rings. The summed E-state index contributed by atoms with van der Waals surface area (Å²) in [4.78, 5) is 0. The average Bonchev–Trinajstić information content (AvgIpc) is 3.74. The first-order valence-corrected chi connectivity index (χ1v) is 16.4. The fraction of sp³-hybridized carbons (Fsp3) is 0.190. The molecular formula is C42H40N6. The van der Waals surface area contributed by atoms with Gasteiger partial charge in [0.25, 0.3) is 0 Å². The molecule has 0 aliphatic rings. The van der Waals surface area contributed by atoms with Gasteiger partial charge in [-0.1, -0.05) is 145 Å². The SMILES string of the molecule is CC(C)(C)c1ccc(-c2nnc(-c3cccc(-c4nnc(-c5ccc(C(C)(C)C)cc5)n4-c4ccccc4)c3)n2-c2ccccc2)cc1. The normalized spacial score (nSPS) is 12.0. The molecule has 2 aromatic heterocycles. The Hall–Kier alpha value is -5.62. The lowest BCUT2D eigenvalue weighted by molar-refractivity contribution is 0.590. The number of hydrogen-bond donors (Lipinski definition) is 0. The molecule has 0 saturated heterocycles. The molecule has 0 aliphatic carbocycles. The van der Waals surface area contributed by atoms with Crippen LogP contribution in [0.15, 0.2) is 133 Å². The van der Waals surface area contributed by atoms with Crippen LogP contribution in [-0.4, -0.2) is 29.5 Å². The van der Waals surface area contributed by atoms with Crippen LogP contribution in [0.1, 0.15) is 52.7 Å². The average molecular weight is 629 g/mol. The summed E-state index contributed by atoms with van der Waals surface area (Å²) in [6, 6.07) is 46.2. The van der Waals surface area contributed by atoms with Crippen molar-refractivity contribution in [3.8, 4) is 56.9 Å². The van der Waals surface area contributed by atoms with E-state index in [0.29, 0.717) is 0 Å². The van der Waals surface area contributed by atoms with E-state index in [1.165, 1.54) is 11.1 Å². The van der Waals surface area contributed by atoms with Gasteiger partial charge in [-0.3, -0.25) is 9.13 Å². The van der Waals surface area contributed by atoms with Crippen LogP contribution in [0, 0.1) is 0 Å². The van der Waals surface area contributed by atoms with E-state index in [4.69, 9.17) is 20.4 Å². The first-order chi connectivity index (χ1) is 23.1. The van der Waals surface area contributed by atoms with Gasteiger partial charge in [0, 0.05) is 33.6 Å². The molecule has 238 valence electrons. The van der Waals surface area contributed by atoms with E-state index >= 15 is 0 Å². The summed E-state index contributed by atoms with van der Waals surface area (Å²) in [5.41, 5.74) is 8.53. The van der Waals surface area contributed by atoms with E-state index in [1.54, 1.807) is 0 Å². The lowest BCUT2D eigenvalue weighted by Crippen LogP contribution is -2.10. The summed E-state index contributed by atoms with van der Waals surface area (Å²) in [5.74, 6) is 3.08. The minimum atomic E-state index is 0.0628. The van der Waals surface area contributed by atoms with Crippen molar-refractivity contribution >= 4 is 0 Å². The van der Waals surface area contributed by atoms with Gasteiger partial charge in [0.05, 0.1) is 0 Å². The van der Waals surface area contributed by atoms with Crippen molar-refractivity contribution in [2.75, 3.05) is 0 Å². The van der Waals surface area contributed by atoms with E-state index in [9.17, 15) is 0 Å². The first-order valence-electron chi connectivity index (χ1n) is 16.4. The van der Waals surface area contributed by atoms with E-state index in [-0.39, 0.29) is 10.8 Å². The largest absolute Gasteiger partial charge is 0.275 e. The van der Waals surface area contributed by atoms with E-state index in [0.717, 1.165) is 56.9 Å². The Morgan fingerprint density at radius 3 is 1.02 bits per heavy atom. The zero-order chi connectivity index (χ0) is 33.5. The van der Waals surface area contributed by atoms with Crippen LogP contribution in [0.2, 0.25) is 0 Å². The van der Waals surface area contributed by atoms with Gasteiger partial charge in [-0.15, -0.1) is 20.4 Å². The Morgan fingerprint density at radius 2 is 0.688 bits per heavy atom. The number of rotatable bonds is 6. The summed E-state index contributed by atoms with van der Waals surface area (Å²) >= 11 is 0. The van der Waals surface area contributed by atoms with Crippen LogP contribution in [0.4, 0.5) is 0 Å². The van der Waals surface area contributed by atoms with Gasteiger partial charge in [0.2, 0.25) is 0 Å². The number of benzene rings is 5. The van der Waals surface area contributed by atoms with Crippen LogP contribution in [0.3, 0.4) is 0 Å².